The second-order valence-corrected chi connectivity index (χ2v) is 7.90. The lowest BCUT2D eigenvalue weighted by molar-refractivity contribution is -0.121. The molecular formula is C22H30N6O. The number of aryl methyl sites for hydroxylation is 2. The van der Waals surface area contributed by atoms with Crippen molar-refractivity contribution in [2.24, 2.45) is 5.92 Å². The molecule has 0 radical (unpaired) electrons. The van der Waals surface area contributed by atoms with E-state index in [0.29, 0.717) is 12.3 Å². The number of hydrogen-bond donors (Lipinski definition) is 2. The topological polar surface area (TPSA) is 78.8 Å². The summed E-state index contributed by atoms with van der Waals surface area (Å²) in [5, 5.41) is 8.63. The van der Waals surface area contributed by atoms with Crippen molar-refractivity contribution in [2.75, 3.05) is 19.6 Å². The van der Waals surface area contributed by atoms with E-state index in [1.807, 2.05) is 23.0 Å². The maximum Gasteiger partial charge on any atom is 0.220 e. The SMILES string of the molecule is CCn1ncnc1CN1CCCC(CNC(=O)CCc2c[nH]c3ccccc23)C1. The Balaban J connectivity index is 1.22. The number of nitrogens with one attached hydrogen (secondary N) is 2. The fourth-order valence-corrected chi connectivity index (χ4v) is 4.27. The summed E-state index contributed by atoms with van der Waals surface area (Å²) >= 11 is 0. The van der Waals surface area contributed by atoms with Crippen LogP contribution in [-0.4, -0.2) is 50.2 Å². The molecule has 0 aliphatic carbocycles. The highest BCUT2D eigenvalue weighted by molar-refractivity contribution is 5.84. The number of para-hydroxylation sites is 1. The third kappa shape index (κ3) is 4.85. The summed E-state index contributed by atoms with van der Waals surface area (Å²) in [6, 6.07) is 8.23. The molecule has 1 aliphatic heterocycles. The molecule has 1 saturated heterocycles. The van der Waals surface area contributed by atoms with E-state index < -0.39 is 0 Å². The zero-order valence-corrected chi connectivity index (χ0v) is 17.1. The molecule has 3 aromatic rings. The predicted molar refractivity (Wildman–Crippen MR) is 113 cm³/mol. The predicted octanol–water partition coefficient (Wildman–Crippen LogP) is 2.74. The Morgan fingerprint density at radius 3 is 3.14 bits per heavy atom. The molecule has 1 atom stereocenters. The second kappa shape index (κ2) is 9.22. The highest BCUT2D eigenvalue weighted by Gasteiger charge is 2.21. The Morgan fingerprint density at radius 2 is 2.24 bits per heavy atom. The number of H-pyrrole nitrogens is 1. The lowest BCUT2D eigenvalue weighted by Crippen LogP contribution is -2.41. The zero-order valence-electron chi connectivity index (χ0n) is 17.1. The van der Waals surface area contributed by atoms with E-state index in [-0.39, 0.29) is 5.91 Å². The van der Waals surface area contributed by atoms with Crippen molar-refractivity contribution >= 4 is 16.8 Å². The van der Waals surface area contributed by atoms with Gasteiger partial charge in [0.15, 0.2) is 0 Å². The van der Waals surface area contributed by atoms with Gasteiger partial charge in [-0.25, -0.2) is 9.67 Å². The minimum Gasteiger partial charge on any atom is -0.361 e. The molecule has 1 aliphatic rings. The molecule has 2 aromatic heterocycles. The van der Waals surface area contributed by atoms with Crippen molar-refractivity contribution in [3.05, 3.63) is 48.2 Å². The molecule has 7 nitrogen and oxygen atoms in total. The standard InChI is InChI=1S/C22H30N6O/c1-2-28-21(25-16-26-28)15-27-11-5-6-17(14-27)12-24-22(29)10-9-18-13-23-20-8-4-3-7-19(18)20/h3-4,7-8,13,16-17,23H,2,5-6,9-12,14-15H2,1H3,(H,24,29). The van der Waals surface area contributed by atoms with Gasteiger partial charge in [-0.1, -0.05) is 18.2 Å². The van der Waals surface area contributed by atoms with E-state index >= 15 is 0 Å². The fraction of sp³-hybridized carbons (Fsp3) is 0.500. The average molecular weight is 395 g/mol. The molecule has 0 spiro atoms. The molecule has 1 amide bonds. The maximum atomic E-state index is 12.4. The fourth-order valence-electron chi connectivity index (χ4n) is 4.27. The van der Waals surface area contributed by atoms with Crippen LogP contribution >= 0.6 is 0 Å². The third-order valence-corrected chi connectivity index (χ3v) is 5.85. The van der Waals surface area contributed by atoms with Gasteiger partial charge in [0.2, 0.25) is 5.91 Å². The van der Waals surface area contributed by atoms with Crippen LogP contribution in [0.4, 0.5) is 0 Å². The van der Waals surface area contributed by atoms with Gasteiger partial charge in [0, 0.05) is 43.2 Å². The smallest absolute Gasteiger partial charge is 0.220 e. The molecule has 1 aromatic carbocycles. The quantitative estimate of drug-likeness (QED) is 0.616. The van der Waals surface area contributed by atoms with Gasteiger partial charge < -0.3 is 10.3 Å². The van der Waals surface area contributed by atoms with Crippen molar-refractivity contribution in [3.63, 3.8) is 0 Å². The Hall–Kier alpha value is -2.67. The molecule has 7 heteroatoms. The lowest BCUT2D eigenvalue weighted by atomic mass is 9.98. The molecule has 1 fully saturated rings. The minimum atomic E-state index is 0.137. The number of amides is 1. The summed E-state index contributed by atoms with van der Waals surface area (Å²) in [5.41, 5.74) is 2.34. The Kier molecular flexibility index (Phi) is 6.24. The molecule has 4 rings (SSSR count). The summed E-state index contributed by atoms with van der Waals surface area (Å²) in [6.07, 6.45) is 7.27. The largest absolute Gasteiger partial charge is 0.361 e. The molecule has 0 bridgehead atoms. The Labute approximate surface area is 171 Å². The van der Waals surface area contributed by atoms with Gasteiger partial charge >= 0.3 is 0 Å². The van der Waals surface area contributed by atoms with Crippen LogP contribution in [0.1, 0.15) is 37.6 Å². The van der Waals surface area contributed by atoms with Crippen molar-refractivity contribution in [2.45, 2.75) is 45.7 Å². The van der Waals surface area contributed by atoms with E-state index in [4.69, 9.17) is 0 Å². The van der Waals surface area contributed by atoms with Crippen molar-refractivity contribution in [1.29, 1.82) is 0 Å². The summed E-state index contributed by atoms with van der Waals surface area (Å²) in [5.74, 6) is 1.66. The summed E-state index contributed by atoms with van der Waals surface area (Å²) in [4.78, 5) is 22.5. The van der Waals surface area contributed by atoms with Crippen LogP contribution in [0.5, 0.6) is 0 Å². The van der Waals surface area contributed by atoms with Gasteiger partial charge in [0.25, 0.3) is 0 Å². The van der Waals surface area contributed by atoms with Crippen LogP contribution in [0, 0.1) is 5.92 Å². The normalized spacial score (nSPS) is 17.6. The number of aromatic nitrogens is 4. The van der Waals surface area contributed by atoms with Gasteiger partial charge in [-0.15, -0.1) is 0 Å². The number of hydrogen-bond acceptors (Lipinski definition) is 4. The van der Waals surface area contributed by atoms with Gasteiger partial charge in [-0.05, 0) is 50.3 Å². The van der Waals surface area contributed by atoms with Gasteiger partial charge in [-0.3, -0.25) is 9.69 Å². The first-order valence-electron chi connectivity index (χ1n) is 10.6. The number of benzene rings is 1. The average Bonchev–Trinajstić information content (AvgIpc) is 3.37. The van der Waals surface area contributed by atoms with Crippen LogP contribution < -0.4 is 5.32 Å². The monoisotopic (exact) mass is 394 g/mol. The molecule has 154 valence electrons. The number of aromatic amines is 1. The van der Waals surface area contributed by atoms with Gasteiger partial charge in [0.05, 0.1) is 6.54 Å². The molecule has 0 saturated carbocycles. The van der Waals surface area contributed by atoms with Crippen LogP contribution in [0.3, 0.4) is 0 Å². The lowest BCUT2D eigenvalue weighted by Gasteiger charge is -2.32. The zero-order chi connectivity index (χ0) is 20.1. The van der Waals surface area contributed by atoms with Crippen molar-refractivity contribution in [1.82, 2.24) is 30.0 Å². The molecule has 3 heterocycles. The maximum absolute atomic E-state index is 12.4. The first-order valence-corrected chi connectivity index (χ1v) is 10.6. The molecule has 1 unspecified atom stereocenters. The summed E-state index contributed by atoms with van der Waals surface area (Å²) < 4.78 is 1.95. The summed E-state index contributed by atoms with van der Waals surface area (Å²) in [6.45, 7) is 6.60. The van der Waals surface area contributed by atoms with Crippen LogP contribution in [0.25, 0.3) is 10.9 Å². The minimum absolute atomic E-state index is 0.137. The number of nitrogens with zero attached hydrogens (tertiary/aromatic N) is 4. The summed E-state index contributed by atoms with van der Waals surface area (Å²) in [7, 11) is 0. The molecule has 29 heavy (non-hydrogen) atoms. The van der Waals surface area contributed by atoms with E-state index in [1.54, 1.807) is 6.33 Å². The number of carbonyl (C=O) groups excluding carboxylic acids is 1. The van der Waals surface area contributed by atoms with Crippen LogP contribution in [-0.2, 0) is 24.3 Å². The first-order chi connectivity index (χ1) is 14.2. The van der Waals surface area contributed by atoms with Gasteiger partial charge in [0.1, 0.15) is 12.2 Å². The van der Waals surface area contributed by atoms with E-state index in [0.717, 1.165) is 56.9 Å². The van der Waals surface area contributed by atoms with E-state index in [2.05, 4.69) is 44.3 Å². The number of likely N-dealkylation sites (tertiary alicyclic amines) is 1. The number of piperidine rings is 1. The van der Waals surface area contributed by atoms with Gasteiger partial charge in [-0.2, -0.15) is 5.10 Å². The Bertz CT molecular complexity index is 946. The van der Waals surface area contributed by atoms with Crippen LogP contribution in [0.15, 0.2) is 36.8 Å². The Morgan fingerprint density at radius 1 is 1.34 bits per heavy atom. The number of rotatable bonds is 8. The number of carbonyl (C=O) groups is 1. The first kappa shape index (κ1) is 19.6. The third-order valence-electron chi connectivity index (χ3n) is 5.85. The number of fused-ring (bicyclic) bond motifs is 1. The van der Waals surface area contributed by atoms with Crippen LogP contribution in [0.2, 0.25) is 0 Å². The van der Waals surface area contributed by atoms with Crippen molar-refractivity contribution in [3.8, 4) is 0 Å². The molecule has 2 N–H and O–H groups in total. The highest BCUT2D eigenvalue weighted by Crippen LogP contribution is 2.20. The van der Waals surface area contributed by atoms with E-state index in [9.17, 15) is 4.79 Å². The second-order valence-electron chi connectivity index (χ2n) is 7.90. The highest BCUT2D eigenvalue weighted by atomic mass is 16.1. The van der Waals surface area contributed by atoms with Crippen molar-refractivity contribution < 1.29 is 4.79 Å². The van der Waals surface area contributed by atoms with E-state index in [1.165, 1.54) is 17.4 Å². The molecular weight excluding hydrogens is 364 g/mol.